The van der Waals surface area contributed by atoms with Gasteiger partial charge in [0.2, 0.25) is 0 Å². The van der Waals surface area contributed by atoms with Gasteiger partial charge in [0.1, 0.15) is 61.5 Å². The maximum atomic E-state index is 13.0. The standard InChI is InChI=1S/C62H77N3O19/c1-39-51(73-34-43-24-14-10-15-25-43)55(74-35-44-26-16-11-17-27-44)57(75-36-45-28-18-12-19-29-45)62(77-39)84-58-56(83-60-50(64-65-63)54(79-42(4)68)52(78-41(3)67)47(80-60)37-72-40(2)66)53-48(38-76-59(82-53)46-30-20-13-21-31-46)81-61(58)71-33-23-9-7-6-8-22-32-49(69)70-5/h10-21,24-31,39,47-48,50-62H,6-9,22-23,32-38H2,1-5H3/t39-,47+,48+,50+,51+,52-,53-,54+,55+,56-,57-,58+,59?,60+,61+,62-/m0/s1. The molecule has 22 nitrogen and oxygen atoms in total. The van der Waals surface area contributed by atoms with Gasteiger partial charge in [0, 0.05) is 44.3 Å². The molecule has 0 aromatic heterocycles. The van der Waals surface area contributed by atoms with Crippen molar-refractivity contribution in [1.29, 1.82) is 0 Å². The van der Waals surface area contributed by atoms with Gasteiger partial charge in [-0.1, -0.05) is 152 Å². The van der Waals surface area contributed by atoms with Crippen LogP contribution in [-0.2, 0) is 110 Å². The van der Waals surface area contributed by atoms with Crippen LogP contribution in [0.1, 0.15) is 101 Å². The maximum absolute atomic E-state index is 13.0. The molecule has 0 radical (unpaired) electrons. The molecule has 4 saturated heterocycles. The Morgan fingerprint density at radius 3 is 1.69 bits per heavy atom. The van der Waals surface area contributed by atoms with Crippen molar-refractivity contribution in [2.75, 3.05) is 26.9 Å². The normalized spacial score (nSPS) is 29.3. The Hall–Kier alpha value is -6.37. The number of unbranched alkanes of at least 4 members (excludes halogenated alkanes) is 5. The molecule has 0 N–H and O–H groups in total. The third-order valence-corrected chi connectivity index (χ3v) is 14.7. The molecule has 4 aromatic rings. The van der Waals surface area contributed by atoms with Crippen molar-refractivity contribution in [3.8, 4) is 0 Å². The Labute approximate surface area is 489 Å². The third-order valence-electron chi connectivity index (χ3n) is 14.7. The molecule has 4 fully saturated rings. The Balaban J connectivity index is 1.20. The lowest BCUT2D eigenvalue weighted by Gasteiger charge is -2.52. The molecule has 22 heteroatoms. The van der Waals surface area contributed by atoms with E-state index < -0.39 is 123 Å². The van der Waals surface area contributed by atoms with Gasteiger partial charge in [-0.3, -0.25) is 19.2 Å². The number of ether oxygens (including phenoxy) is 15. The summed E-state index contributed by atoms with van der Waals surface area (Å²) in [5.74, 6) is -2.54. The van der Waals surface area contributed by atoms with E-state index in [9.17, 15) is 24.7 Å². The Morgan fingerprint density at radius 1 is 0.560 bits per heavy atom. The van der Waals surface area contributed by atoms with Gasteiger partial charge in [0.05, 0.1) is 39.6 Å². The molecule has 1 unspecified atom stereocenters. The van der Waals surface area contributed by atoms with E-state index in [4.69, 9.17) is 71.1 Å². The van der Waals surface area contributed by atoms with Crippen molar-refractivity contribution >= 4 is 23.9 Å². The summed E-state index contributed by atoms with van der Waals surface area (Å²) in [6.45, 7) is 5.48. The number of fused-ring (bicyclic) bond motifs is 1. The van der Waals surface area contributed by atoms with Crippen LogP contribution in [-0.4, -0.2) is 143 Å². The number of esters is 4. The molecular weight excluding hydrogens is 1090 g/mol. The van der Waals surface area contributed by atoms with Crippen LogP contribution >= 0.6 is 0 Å². The highest BCUT2D eigenvalue weighted by Gasteiger charge is 2.59. The van der Waals surface area contributed by atoms with Crippen LogP contribution in [0, 0.1) is 0 Å². The van der Waals surface area contributed by atoms with E-state index in [1.807, 2.05) is 128 Å². The summed E-state index contributed by atoms with van der Waals surface area (Å²) in [5, 5.41) is 4.05. The quantitative estimate of drug-likeness (QED) is 0.0123. The minimum absolute atomic E-state index is 0.0250. The number of azide groups is 1. The third kappa shape index (κ3) is 18.3. The molecule has 0 aliphatic carbocycles. The predicted molar refractivity (Wildman–Crippen MR) is 297 cm³/mol. The van der Waals surface area contributed by atoms with Gasteiger partial charge in [0.25, 0.3) is 0 Å². The van der Waals surface area contributed by atoms with E-state index in [0.29, 0.717) is 18.4 Å². The van der Waals surface area contributed by atoms with Gasteiger partial charge in [-0.15, -0.1) is 0 Å². The van der Waals surface area contributed by atoms with Gasteiger partial charge in [0.15, 0.2) is 37.4 Å². The first-order valence-electron chi connectivity index (χ1n) is 28.6. The van der Waals surface area contributed by atoms with Crippen LogP contribution in [0.15, 0.2) is 126 Å². The lowest BCUT2D eigenvalue weighted by atomic mass is 9.94. The molecule has 0 spiro atoms. The molecule has 454 valence electrons. The van der Waals surface area contributed by atoms with Gasteiger partial charge < -0.3 is 71.1 Å². The van der Waals surface area contributed by atoms with Crippen LogP contribution in [0.4, 0.5) is 0 Å². The van der Waals surface area contributed by atoms with Crippen molar-refractivity contribution in [2.24, 2.45) is 5.11 Å². The monoisotopic (exact) mass is 1170 g/mol. The molecule has 16 atom stereocenters. The number of carbonyl (C=O) groups excluding carboxylic acids is 4. The second kappa shape index (κ2) is 32.8. The maximum Gasteiger partial charge on any atom is 0.305 e. The Kier molecular flexibility index (Phi) is 24.8. The van der Waals surface area contributed by atoms with Crippen molar-refractivity contribution in [3.63, 3.8) is 0 Å². The average Bonchev–Trinajstić information content (AvgIpc) is 3.50. The van der Waals surface area contributed by atoms with Crippen LogP contribution < -0.4 is 0 Å². The molecular formula is C62H77N3O19. The second-order valence-corrected chi connectivity index (χ2v) is 20.9. The van der Waals surface area contributed by atoms with Crippen LogP contribution in [0.5, 0.6) is 0 Å². The first-order valence-corrected chi connectivity index (χ1v) is 28.6. The summed E-state index contributed by atoms with van der Waals surface area (Å²) < 4.78 is 97.4. The van der Waals surface area contributed by atoms with Crippen LogP contribution in [0.2, 0.25) is 0 Å². The van der Waals surface area contributed by atoms with Crippen molar-refractivity contribution in [3.05, 3.63) is 154 Å². The summed E-state index contributed by atoms with van der Waals surface area (Å²) in [6.07, 6.45) is -12.4. The van der Waals surface area contributed by atoms with E-state index in [0.717, 1.165) is 62.6 Å². The minimum atomic E-state index is -1.66. The average molecular weight is 1170 g/mol. The highest BCUT2D eigenvalue weighted by atomic mass is 16.8. The predicted octanol–water partition coefficient (Wildman–Crippen LogP) is 8.85. The summed E-state index contributed by atoms with van der Waals surface area (Å²) >= 11 is 0. The van der Waals surface area contributed by atoms with Crippen LogP contribution in [0.25, 0.3) is 10.4 Å². The van der Waals surface area contributed by atoms with E-state index in [-0.39, 0.29) is 39.0 Å². The van der Waals surface area contributed by atoms with E-state index in [1.54, 1.807) is 0 Å². The molecule has 4 aliphatic rings. The van der Waals surface area contributed by atoms with E-state index >= 15 is 0 Å². The molecule has 0 saturated carbocycles. The SMILES string of the molecule is COC(=O)CCCCCCCCO[C@@H]1O[C@@H]2COC(c3ccccc3)O[C@@H]2[C@H](O[C@H]2O[C@H](COC(C)=O)[C@H](OC(C)=O)[C@H](OC(C)=O)[C@H]2N=[N+]=[N-])[C@H]1O[C@@H]1O[C@@H](C)[C@@H](OCc2ccccc2)[C@@H](OCc2ccccc2)[C@@H]1OCc1ccccc1. The molecule has 0 bridgehead atoms. The second-order valence-electron chi connectivity index (χ2n) is 20.9. The molecule has 8 rings (SSSR count). The fourth-order valence-electron chi connectivity index (χ4n) is 10.6. The molecule has 4 aliphatic heterocycles. The molecule has 4 aromatic carbocycles. The van der Waals surface area contributed by atoms with Gasteiger partial charge >= 0.3 is 23.9 Å². The fourth-order valence-corrected chi connectivity index (χ4v) is 10.6. The zero-order chi connectivity index (χ0) is 59.2. The minimum Gasteiger partial charge on any atom is -0.469 e. The number of rotatable bonds is 29. The molecule has 84 heavy (non-hydrogen) atoms. The van der Waals surface area contributed by atoms with Gasteiger partial charge in [-0.05, 0) is 42.0 Å². The zero-order valence-electron chi connectivity index (χ0n) is 48.1. The highest BCUT2D eigenvalue weighted by Crippen LogP contribution is 2.42. The topological polar surface area (TPSA) is 255 Å². The zero-order valence-corrected chi connectivity index (χ0v) is 48.1. The Morgan fingerprint density at radius 2 is 1.11 bits per heavy atom. The largest absolute Gasteiger partial charge is 0.469 e. The molecule has 0 amide bonds. The van der Waals surface area contributed by atoms with Crippen LogP contribution in [0.3, 0.4) is 0 Å². The number of hydrogen-bond donors (Lipinski definition) is 0. The fraction of sp³-hybridized carbons (Fsp3) is 0.548. The summed E-state index contributed by atoms with van der Waals surface area (Å²) in [6, 6.07) is 36.8. The number of carbonyl (C=O) groups is 4. The highest BCUT2D eigenvalue weighted by molar-refractivity contribution is 5.69. The number of hydrogen-bond acceptors (Lipinski definition) is 20. The first-order chi connectivity index (χ1) is 40.9. The number of benzene rings is 4. The van der Waals surface area contributed by atoms with Gasteiger partial charge in [-0.25, -0.2) is 0 Å². The molecule has 4 heterocycles. The smallest absolute Gasteiger partial charge is 0.305 e. The van der Waals surface area contributed by atoms with E-state index in [1.165, 1.54) is 14.0 Å². The summed E-state index contributed by atoms with van der Waals surface area (Å²) in [4.78, 5) is 52.9. The number of methoxy groups -OCH3 is 1. The van der Waals surface area contributed by atoms with Crippen molar-refractivity contribution < 1.29 is 90.2 Å². The Bertz CT molecular complexity index is 2690. The van der Waals surface area contributed by atoms with Crippen molar-refractivity contribution in [2.45, 2.75) is 191 Å². The summed E-state index contributed by atoms with van der Waals surface area (Å²) in [7, 11) is 1.38. The number of nitrogens with zero attached hydrogens (tertiary/aromatic N) is 3. The van der Waals surface area contributed by atoms with E-state index in [2.05, 4.69) is 10.0 Å². The van der Waals surface area contributed by atoms with Gasteiger partial charge in [-0.2, -0.15) is 0 Å². The summed E-state index contributed by atoms with van der Waals surface area (Å²) in [5.41, 5.74) is 13.6. The first kappa shape index (κ1) is 63.6. The lowest BCUT2D eigenvalue weighted by molar-refractivity contribution is -0.412. The van der Waals surface area contributed by atoms with Crippen molar-refractivity contribution in [1.82, 2.24) is 0 Å². The lowest BCUT2D eigenvalue weighted by Crippen LogP contribution is -2.68.